The molecule has 9 nitrogen and oxygen atoms in total. The SMILES string of the molecule is COc1cc(OCc2csc(C(C)(O)C(F)(F)F)n2)c2cc(-c3cn4nc(OC)sc4n3)oc2c1. The zero-order chi connectivity index (χ0) is 25.0. The number of methoxy groups -OCH3 is 2. The van der Waals surface area contributed by atoms with E-state index in [4.69, 9.17) is 18.6 Å². The molecule has 5 aromatic rings. The van der Waals surface area contributed by atoms with E-state index in [0.717, 1.165) is 0 Å². The molecule has 0 saturated heterocycles. The molecule has 1 unspecified atom stereocenters. The van der Waals surface area contributed by atoms with E-state index < -0.39 is 16.8 Å². The largest absolute Gasteiger partial charge is 0.496 e. The minimum atomic E-state index is -4.85. The predicted octanol–water partition coefficient (Wildman–Crippen LogP) is 5.03. The maximum absolute atomic E-state index is 13.1. The summed E-state index contributed by atoms with van der Waals surface area (Å²) in [6.45, 7) is 0.540. The van der Waals surface area contributed by atoms with Crippen LogP contribution in [0.1, 0.15) is 17.6 Å². The number of nitrogens with zero attached hydrogens (tertiary/aromatic N) is 4. The number of alkyl halides is 3. The molecule has 1 N–H and O–H groups in total. The second-order valence-corrected chi connectivity index (χ2v) is 9.35. The lowest BCUT2D eigenvalue weighted by Gasteiger charge is -2.23. The Morgan fingerprint density at radius 1 is 1.14 bits per heavy atom. The topological polar surface area (TPSA) is 104 Å². The van der Waals surface area contributed by atoms with Crippen LogP contribution in [0.25, 0.3) is 27.4 Å². The molecule has 184 valence electrons. The summed E-state index contributed by atoms with van der Waals surface area (Å²) in [5, 5.41) is 16.1. The molecule has 0 spiro atoms. The van der Waals surface area contributed by atoms with Gasteiger partial charge >= 0.3 is 6.18 Å². The minimum Gasteiger partial charge on any atom is -0.496 e. The van der Waals surface area contributed by atoms with Gasteiger partial charge in [-0.1, -0.05) is 0 Å². The molecular formula is C21H17F3N4O5S2. The van der Waals surface area contributed by atoms with Gasteiger partial charge in [0.25, 0.3) is 5.19 Å². The lowest BCUT2D eigenvalue weighted by atomic mass is 10.1. The van der Waals surface area contributed by atoms with Crippen molar-refractivity contribution in [2.45, 2.75) is 25.3 Å². The molecular weight excluding hydrogens is 509 g/mol. The molecule has 14 heteroatoms. The number of aliphatic hydroxyl groups is 1. The summed E-state index contributed by atoms with van der Waals surface area (Å²) in [6, 6.07) is 5.07. The number of ether oxygens (including phenoxy) is 3. The highest BCUT2D eigenvalue weighted by molar-refractivity contribution is 7.18. The van der Waals surface area contributed by atoms with Crippen LogP contribution in [0.5, 0.6) is 16.7 Å². The normalized spacial score (nSPS) is 13.9. The van der Waals surface area contributed by atoms with Gasteiger partial charge < -0.3 is 23.7 Å². The van der Waals surface area contributed by atoms with Crippen LogP contribution < -0.4 is 14.2 Å². The van der Waals surface area contributed by atoms with E-state index in [1.54, 1.807) is 28.9 Å². The summed E-state index contributed by atoms with van der Waals surface area (Å²) in [7, 11) is 3.02. The summed E-state index contributed by atoms with van der Waals surface area (Å²) in [5.74, 6) is 1.31. The maximum Gasteiger partial charge on any atom is 0.423 e. The smallest absolute Gasteiger partial charge is 0.423 e. The second kappa shape index (κ2) is 8.39. The van der Waals surface area contributed by atoms with E-state index in [-0.39, 0.29) is 12.3 Å². The van der Waals surface area contributed by atoms with Gasteiger partial charge in [0.15, 0.2) is 5.76 Å². The standard InChI is InChI=1S/C21H17F3N4O5S2/c1-20(29,21(22,23)24)17-25-10(9-34-17)8-32-14-4-11(30-2)5-15-12(14)6-16(33-15)13-7-28-18(26-13)35-19(27-28)31-3/h4-7,9,29H,8H2,1-3H3. The van der Waals surface area contributed by atoms with Crippen molar-refractivity contribution >= 4 is 38.6 Å². The number of aromatic nitrogens is 4. The number of fused-ring (bicyclic) bond motifs is 2. The summed E-state index contributed by atoms with van der Waals surface area (Å²) >= 11 is 1.99. The highest BCUT2D eigenvalue weighted by Gasteiger charge is 2.53. The van der Waals surface area contributed by atoms with E-state index >= 15 is 0 Å². The van der Waals surface area contributed by atoms with Gasteiger partial charge in [-0.3, -0.25) is 0 Å². The first kappa shape index (κ1) is 23.4. The first-order valence-corrected chi connectivity index (χ1v) is 11.7. The Balaban J connectivity index is 1.44. The Morgan fingerprint density at radius 2 is 1.94 bits per heavy atom. The van der Waals surface area contributed by atoms with E-state index in [1.165, 1.54) is 30.9 Å². The van der Waals surface area contributed by atoms with Crippen LogP contribution >= 0.6 is 22.7 Å². The van der Waals surface area contributed by atoms with Gasteiger partial charge in [0.2, 0.25) is 10.6 Å². The molecule has 1 aromatic carbocycles. The number of hydrogen-bond acceptors (Lipinski definition) is 10. The Kier molecular flexibility index (Phi) is 5.61. The molecule has 0 fully saturated rings. The van der Waals surface area contributed by atoms with Crippen LogP contribution in [0.3, 0.4) is 0 Å². The first-order chi connectivity index (χ1) is 16.6. The zero-order valence-electron chi connectivity index (χ0n) is 18.4. The lowest BCUT2D eigenvalue weighted by Crippen LogP contribution is -2.39. The van der Waals surface area contributed by atoms with Crippen molar-refractivity contribution in [1.29, 1.82) is 0 Å². The van der Waals surface area contributed by atoms with Gasteiger partial charge in [-0.15, -0.1) is 16.4 Å². The Hall–Kier alpha value is -3.36. The van der Waals surface area contributed by atoms with Crippen LogP contribution in [0.15, 0.2) is 34.2 Å². The van der Waals surface area contributed by atoms with E-state index in [0.29, 0.717) is 62.3 Å². The van der Waals surface area contributed by atoms with Crippen molar-refractivity contribution < 1.29 is 36.9 Å². The molecule has 0 bridgehead atoms. The highest BCUT2D eigenvalue weighted by atomic mass is 32.1. The van der Waals surface area contributed by atoms with E-state index in [9.17, 15) is 18.3 Å². The minimum absolute atomic E-state index is 0.128. The molecule has 0 aliphatic heterocycles. The summed E-state index contributed by atoms with van der Waals surface area (Å²) in [4.78, 5) is 9.04. The molecule has 0 saturated carbocycles. The molecule has 4 aromatic heterocycles. The van der Waals surface area contributed by atoms with Crippen molar-refractivity contribution in [3.63, 3.8) is 0 Å². The van der Waals surface area contributed by atoms with Crippen LogP contribution in [0, 0.1) is 0 Å². The van der Waals surface area contributed by atoms with Crippen molar-refractivity contribution in [3.8, 4) is 28.1 Å². The molecule has 0 radical (unpaired) electrons. The highest BCUT2D eigenvalue weighted by Crippen LogP contribution is 2.40. The maximum atomic E-state index is 13.1. The molecule has 0 aliphatic rings. The zero-order valence-corrected chi connectivity index (χ0v) is 20.0. The quantitative estimate of drug-likeness (QED) is 0.315. The van der Waals surface area contributed by atoms with Gasteiger partial charge in [0.05, 0.1) is 31.5 Å². The van der Waals surface area contributed by atoms with Gasteiger partial charge in [-0.2, -0.15) is 13.2 Å². The Morgan fingerprint density at radius 3 is 2.63 bits per heavy atom. The third kappa shape index (κ3) is 4.17. The average Bonchev–Trinajstić information content (AvgIpc) is 3.58. The summed E-state index contributed by atoms with van der Waals surface area (Å²) in [5.41, 5.74) is -1.79. The predicted molar refractivity (Wildman–Crippen MR) is 121 cm³/mol. The summed E-state index contributed by atoms with van der Waals surface area (Å²) in [6.07, 6.45) is -3.15. The molecule has 0 amide bonds. The van der Waals surface area contributed by atoms with Crippen molar-refractivity contribution in [3.05, 3.63) is 40.5 Å². The van der Waals surface area contributed by atoms with E-state index in [1.807, 2.05) is 0 Å². The fraction of sp³-hybridized carbons (Fsp3) is 0.286. The number of imidazole rings is 1. The monoisotopic (exact) mass is 526 g/mol. The molecule has 0 aliphatic carbocycles. The van der Waals surface area contributed by atoms with Gasteiger partial charge in [-0.05, 0) is 24.3 Å². The van der Waals surface area contributed by atoms with Gasteiger partial charge in [0.1, 0.15) is 34.4 Å². The van der Waals surface area contributed by atoms with Crippen molar-refractivity contribution in [2.24, 2.45) is 0 Å². The third-order valence-corrected chi connectivity index (χ3v) is 7.14. The number of rotatable bonds is 7. The Bertz CT molecular complexity index is 1490. The number of furan rings is 1. The number of benzene rings is 1. The van der Waals surface area contributed by atoms with Crippen LogP contribution in [0.4, 0.5) is 13.2 Å². The van der Waals surface area contributed by atoms with Crippen LogP contribution in [-0.2, 0) is 12.2 Å². The molecule has 1 atom stereocenters. The average molecular weight is 527 g/mol. The van der Waals surface area contributed by atoms with E-state index in [2.05, 4.69) is 15.1 Å². The molecule has 4 heterocycles. The number of thiazole rings is 1. The van der Waals surface area contributed by atoms with Gasteiger partial charge in [0, 0.05) is 17.5 Å². The van der Waals surface area contributed by atoms with Gasteiger partial charge in [-0.25, -0.2) is 14.5 Å². The second-order valence-electron chi connectivity index (χ2n) is 7.58. The number of hydrogen-bond donors (Lipinski definition) is 1. The lowest BCUT2D eigenvalue weighted by molar-refractivity contribution is -0.258. The third-order valence-electron chi connectivity index (χ3n) is 5.16. The Labute approximate surface area is 203 Å². The first-order valence-electron chi connectivity index (χ1n) is 9.98. The summed E-state index contributed by atoms with van der Waals surface area (Å²) < 4.78 is 63.2. The fourth-order valence-corrected chi connectivity index (χ4v) is 4.78. The molecule has 5 rings (SSSR count). The van der Waals surface area contributed by atoms with Crippen LogP contribution in [0.2, 0.25) is 0 Å². The van der Waals surface area contributed by atoms with Crippen molar-refractivity contribution in [1.82, 2.24) is 19.6 Å². The van der Waals surface area contributed by atoms with Crippen LogP contribution in [-0.4, -0.2) is 45.1 Å². The number of halogens is 3. The van der Waals surface area contributed by atoms with Crippen molar-refractivity contribution in [2.75, 3.05) is 14.2 Å². The fourth-order valence-electron chi connectivity index (χ4n) is 3.20. The molecule has 35 heavy (non-hydrogen) atoms.